The zero-order valence-corrected chi connectivity index (χ0v) is 14.6. The summed E-state index contributed by atoms with van der Waals surface area (Å²) in [6.07, 6.45) is -3.25. The van der Waals surface area contributed by atoms with Gasteiger partial charge in [0.15, 0.2) is 0 Å². The number of alkyl halides is 3. The summed E-state index contributed by atoms with van der Waals surface area (Å²) in [6, 6.07) is 3.87. The molecule has 0 spiro atoms. The molecule has 0 aliphatic heterocycles. The van der Waals surface area contributed by atoms with Crippen LogP contribution in [0.25, 0.3) is 0 Å². The molecule has 0 bridgehead atoms. The van der Waals surface area contributed by atoms with E-state index in [1.54, 1.807) is 6.92 Å². The Kier molecular flexibility index (Phi) is 4.93. The minimum absolute atomic E-state index is 0.119. The topological polar surface area (TPSA) is 59.1 Å². The van der Waals surface area contributed by atoms with Gasteiger partial charge in [-0.15, -0.1) is 0 Å². The number of pyridine rings is 1. The van der Waals surface area contributed by atoms with Crippen molar-refractivity contribution < 1.29 is 21.6 Å². The average molecular weight is 430 g/mol. The summed E-state index contributed by atoms with van der Waals surface area (Å²) in [6.45, 7) is 1.70. The molecule has 0 atom stereocenters. The highest BCUT2D eigenvalue weighted by molar-refractivity contribution is 9.10. The van der Waals surface area contributed by atoms with Gasteiger partial charge in [-0.1, -0.05) is 11.6 Å². The third kappa shape index (κ3) is 4.15. The minimum atomic E-state index is -4.76. The molecule has 0 unspecified atom stereocenters. The van der Waals surface area contributed by atoms with Crippen LogP contribution in [0.1, 0.15) is 11.1 Å². The molecule has 10 heteroatoms. The lowest BCUT2D eigenvalue weighted by Crippen LogP contribution is -2.15. The molecule has 23 heavy (non-hydrogen) atoms. The van der Waals surface area contributed by atoms with Gasteiger partial charge < -0.3 is 0 Å². The van der Waals surface area contributed by atoms with Gasteiger partial charge in [0.05, 0.1) is 21.2 Å². The van der Waals surface area contributed by atoms with Gasteiger partial charge in [-0.25, -0.2) is 13.4 Å². The molecular formula is C13H9BrClF3N2O2S. The van der Waals surface area contributed by atoms with E-state index in [4.69, 9.17) is 11.6 Å². The summed E-state index contributed by atoms with van der Waals surface area (Å²) in [7, 11) is -4.23. The second-order valence-corrected chi connectivity index (χ2v) is 7.44. The predicted octanol–water partition coefficient (Wildman–Crippen LogP) is 4.63. The number of benzene rings is 1. The van der Waals surface area contributed by atoms with Crippen molar-refractivity contribution >= 4 is 43.2 Å². The van der Waals surface area contributed by atoms with Crippen molar-refractivity contribution in [2.75, 3.05) is 4.72 Å². The Bertz CT molecular complexity index is 857. The summed E-state index contributed by atoms with van der Waals surface area (Å²) in [5.74, 6) is 0. The lowest BCUT2D eigenvalue weighted by atomic mass is 10.2. The Morgan fingerprint density at radius 2 is 1.91 bits per heavy atom. The molecule has 2 rings (SSSR count). The van der Waals surface area contributed by atoms with Crippen LogP contribution in [0, 0.1) is 6.92 Å². The van der Waals surface area contributed by atoms with Crippen molar-refractivity contribution in [2.45, 2.75) is 18.0 Å². The SMILES string of the molecule is Cc1cnc(Br)c(NS(=O)(=O)c2ccc(Cl)c(C(F)(F)F)c2)c1. The van der Waals surface area contributed by atoms with Gasteiger partial charge in [0.25, 0.3) is 10.0 Å². The zero-order valence-electron chi connectivity index (χ0n) is 11.4. The molecule has 1 aromatic carbocycles. The summed E-state index contributed by atoms with van der Waals surface area (Å²) < 4.78 is 65.5. The van der Waals surface area contributed by atoms with E-state index in [2.05, 4.69) is 25.6 Å². The fourth-order valence-corrected chi connectivity index (χ4v) is 3.47. The first-order chi connectivity index (χ1) is 10.5. The van der Waals surface area contributed by atoms with E-state index in [-0.39, 0.29) is 10.3 Å². The summed E-state index contributed by atoms with van der Waals surface area (Å²) in [5.41, 5.74) is -0.421. The zero-order chi connectivity index (χ0) is 17.4. The van der Waals surface area contributed by atoms with Crippen molar-refractivity contribution in [3.63, 3.8) is 0 Å². The van der Waals surface area contributed by atoms with Crippen LogP contribution in [0.4, 0.5) is 18.9 Å². The molecule has 1 heterocycles. The highest BCUT2D eigenvalue weighted by atomic mass is 79.9. The summed E-state index contributed by atoms with van der Waals surface area (Å²) in [5, 5.41) is -0.574. The summed E-state index contributed by atoms with van der Waals surface area (Å²) >= 11 is 8.56. The van der Waals surface area contributed by atoms with E-state index in [9.17, 15) is 21.6 Å². The van der Waals surface area contributed by atoms with Crippen molar-refractivity contribution in [1.82, 2.24) is 4.98 Å². The van der Waals surface area contributed by atoms with Crippen LogP contribution in [0.5, 0.6) is 0 Å². The smallest absolute Gasteiger partial charge is 0.277 e. The predicted molar refractivity (Wildman–Crippen MR) is 83.9 cm³/mol. The molecule has 0 amide bonds. The van der Waals surface area contributed by atoms with Crippen LogP contribution in [0.15, 0.2) is 40.0 Å². The van der Waals surface area contributed by atoms with Crippen LogP contribution in [-0.4, -0.2) is 13.4 Å². The number of aryl methyl sites for hydroxylation is 1. The Morgan fingerprint density at radius 3 is 2.52 bits per heavy atom. The fourth-order valence-electron chi connectivity index (χ4n) is 1.72. The number of nitrogens with one attached hydrogen (secondary N) is 1. The number of hydrogen-bond acceptors (Lipinski definition) is 3. The molecular weight excluding hydrogens is 421 g/mol. The number of halogens is 5. The van der Waals surface area contributed by atoms with Gasteiger partial charge in [0.2, 0.25) is 0 Å². The molecule has 0 radical (unpaired) electrons. The minimum Gasteiger partial charge on any atom is -0.277 e. The highest BCUT2D eigenvalue weighted by Crippen LogP contribution is 2.36. The standard InChI is InChI=1S/C13H9BrClF3N2O2S/c1-7-4-11(12(14)19-6-7)20-23(21,22)8-2-3-10(15)9(5-8)13(16,17)18/h2-6,20H,1H3. The van der Waals surface area contributed by atoms with Gasteiger partial charge in [0.1, 0.15) is 4.60 Å². The van der Waals surface area contributed by atoms with Gasteiger partial charge in [-0.05, 0) is 52.7 Å². The summed E-state index contributed by atoms with van der Waals surface area (Å²) in [4.78, 5) is 3.36. The molecule has 4 nitrogen and oxygen atoms in total. The monoisotopic (exact) mass is 428 g/mol. The maximum atomic E-state index is 12.8. The van der Waals surface area contributed by atoms with E-state index in [1.807, 2.05) is 0 Å². The van der Waals surface area contributed by atoms with E-state index in [1.165, 1.54) is 12.3 Å². The maximum absolute atomic E-state index is 12.8. The molecule has 2 aromatic rings. The first-order valence-corrected chi connectivity index (χ1v) is 8.68. The largest absolute Gasteiger partial charge is 0.417 e. The normalized spacial score (nSPS) is 12.3. The van der Waals surface area contributed by atoms with Crippen molar-refractivity contribution in [3.8, 4) is 0 Å². The van der Waals surface area contributed by atoms with Gasteiger partial charge in [-0.3, -0.25) is 4.72 Å². The van der Waals surface area contributed by atoms with Gasteiger partial charge in [0, 0.05) is 6.20 Å². The molecule has 124 valence electrons. The highest BCUT2D eigenvalue weighted by Gasteiger charge is 2.34. The Balaban J connectivity index is 2.46. The van der Waals surface area contributed by atoms with Crippen LogP contribution < -0.4 is 4.72 Å². The number of sulfonamides is 1. The molecule has 0 fully saturated rings. The number of anilines is 1. The van der Waals surface area contributed by atoms with Crippen molar-refractivity contribution in [1.29, 1.82) is 0 Å². The quantitative estimate of drug-likeness (QED) is 0.724. The first-order valence-electron chi connectivity index (χ1n) is 6.02. The van der Waals surface area contributed by atoms with Gasteiger partial charge in [-0.2, -0.15) is 13.2 Å². The Morgan fingerprint density at radius 1 is 1.26 bits per heavy atom. The fraction of sp³-hybridized carbons (Fsp3) is 0.154. The van der Waals surface area contributed by atoms with Gasteiger partial charge >= 0.3 is 6.18 Å². The van der Waals surface area contributed by atoms with Crippen LogP contribution in [0.3, 0.4) is 0 Å². The third-order valence-electron chi connectivity index (χ3n) is 2.77. The lowest BCUT2D eigenvalue weighted by molar-refractivity contribution is -0.137. The van der Waals surface area contributed by atoms with E-state index >= 15 is 0 Å². The number of aromatic nitrogens is 1. The molecule has 1 aromatic heterocycles. The Hall–Kier alpha value is -1.32. The number of rotatable bonds is 3. The maximum Gasteiger partial charge on any atom is 0.417 e. The Labute approximate surface area is 143 Å². The van der Waals surface area contributed by atoms with Crippen LogP contribution >= 0.6 is 27.5 Å². The molecule has 0 saturated carbocycles. The van der Waals surface area contributed by atoms with Crippen molar-refractivity contribution in [3.05, 3.63) is 51.2 Å². The van der Waals surface area contributed by atoms with Crippen LogP contribution in [-0.2, 0) is 16.2 Å². The second kappa shape index (κ2) is 6.29. The molecule has 0 aliphatic rings. The molecule has 0 aliphatic carbocycles. The van der Waals surface area contributed by atoms with E-state index < -0.39 is 31.7 Å². The number of nitrogens with zero attached hydrogens (tertiary/aromatic N) is 1. The van der Waals surface area contributed by atoms with E-state index in [0.717, 1.165) is 12.1 Å². The second-order valence-electron chi connectivity index (χ2n) is 4.60. The number of hydrogen-bond donors (Lipinski definition) is 1. The first kappa shape index (κ1) is 18.0. The van der Waals surface area contributed by atoms with Crippen molar-refractivity contribution in [2.24, 2.45) is 0 Å². The molecule has 1 N–H and O–H groups in total. The lowest BCUT2D eigenvalue weighted by Gasteiger charge is -2.13. The van der Waals surface area contributed by atoms with Crippen LogP contribution in [0.2, 0.25) is 5.02 Å². The average Bonchev–Trinajstić information content (AvgIpc) is 2.41. The third-order valence-corrected chi connectivity index (χ3v) is 5.10. The molecule has 0 saturated heterocycles. The van der Waals surface area contributed by atoms with E-state index in [0.29, 0.717) is 11.6 Å².